The number of esters is 1. The number of anilines is 1. The molecule has 0 spiro atoms. The average Bonchev–Trinajstić information content (AvgIpc) is 2.53. The van der Waals surface area contributed by atoms with Crippen molar-refractivity contribution in [2.45, 2.75) is 20.8 Å². The van der Waals surface area contributed by atoms with E-state index in [0.29, 0.717) is 25.4 Å². The second-order valence-electron chi connectivity index (χ2n) is 5.00. The van der Waals surface area contributed by atoms with E-state index in [4.69, 9.17) is 18.0 Å². The first-order chi connectivity index (χ1) is 11.0. The normalized spacial score (nSPS) is 11.3. The van der Waals surface area contributed by atoms with E-state index in [2.05, 4.69) is 0 Å². The van der Waals surface area contributed by atoms with E-state index in [9.17, 15) is 4.79 Å². The molecule has 0 N–H and O–H groups in total. The van der Waals surface area contributed by atoms with Crippen LogP contribution in [0.25, 0.3) is 0 Å². The zero-order valence-corrected chi connectivity index (χ0v) is 15.6. The Balaban J connectivity index is 2.73. The summed E-state index contributed by atoms with van der Waals surface area (Å²) in [5.74, 6) is -0.411. The molecule has 1 aromatic carbocycles. The maximum atomic E-state index is 12.2. The summed E-state index contributed by atoms with van der Waals surface area (Å²) >= 11 is 0. The Morgan fingerprint density at radius 1 is 0.957 bits per heavy atom. The predicted octanol–water partition coefficient (Wildman–Crippen LogP) is 2.50. The third-order valence-corrected chi connectivity index (χ3v) is 5.78. The van der Waals surface area contributed by atoms with Crippen molar-refractivity contribution in [3.05, 3.63) is 29.8 Å². The molecule has 0 radical (unpaired) electrons. The molecule has 23 heavy (non-hydrogen) atoms. The molecule has 7 heteroatoms. The molecule has 0 atom stereocenters. The minimum Gasteiger partial charge on any atom is -0.457 e. The van der Waals surface area contributed by atoms with Gasteiger partial charge in [-0.3, -0.25) is 0 Å². The molecule has 130 valence electrons. The largest absolute Gasteiger partial charge is 0.540 e. The Hall–Kier alpha value is -1.41. The van der Waals surface area contributed by atoms with Gasteiger partial charge in [0.2, 0.25) is 0 Å². The van der Waals surface area contributed by atoms with E-state index in [1.807, 2.05) is 51.9 Å². The van der Waals surface area contributed by atoms with E-state index in [1.54, 1.807) is 12.1 Å². The molecular weight excluding hydrogens is 314 g/mol. The van der Waals surface area contributed by atoms with Crippen LogP contribution in [0.2, 0.25) is 0 Å². The van der Waals surface area contributed by atoms with Gasteiger partial charge in [0.05, 0.1) is 5.56 Å². The van der Waals surface area contributed by atoms with Crippen LogP contribution in [0.15, 0.2) is 24.3 Å². The summed E-state index contributed by atoms with van der Waals surface area (Å²) in [5, 5.41) is 0. The number of carbonyl (C=O) groups excluding carboxylic acids is 1. The lowest BCUT2D eigenvalue weighted by Gasteiger charge is -2.27. The highest BCUT2D eigenvalue weighted by atomic mass is 28.4. The van der Waals surface area contributed by atoms with Crippen molar-refractivity contribution < 1.29 is 22.8 Å². The van der Waals surface area contributed by atoms with Crippen LogP contribution in [-0.4, -0.2) is 54.9 Å². The van der Waals surface area contributed by atoms with Crippen LogP contribution in [0.3, 0.4) is 0 Å². The number of ether oxygens (including phenoxy) is 1. The predicted molar refractivity (Wildman–Crippen MR) is 91.7 cm³/mol. The van der Waals surface area contributed by atoms with Gasteiger partial charge in [0.25, 0.3) is 0 Å². The molecule has 0 unspecified atom stereocenters. The van der Waals surface area contributed by atoms with Crippen molar-refractivity contribution in [1.82, 2.24) is 0 Å². The molecular formula is C16H27NO5Si. The minimum atomic E-state index is -2.97. The highest BCUT2D eigenvalue weighted by Gasteiger charge is 2.42. The monoisotopic (exact) mass is 341 g/mol. The first-order valence-electron chi connectivity index (χ1n) is 7.84. The third kappa shape index (κ3) is 5.95. The summed E-state index contributed by atoms with van der Waals surface area (Å²) in [4.78, 5) is 14.2. The average molecular weight is 341 g/mol. The zero-order valence-electron chi connectivity index (χ0n) is 14.6. The van der Waals surface area contributed by atoms with Gasteiger partial charge in [-0.15, -0.1) is 0 Å². The van der Waals surface area contributed by atoms with E-state index >= 15 is 0 Å². The summed E-state index contributed by atoms with van der Waals surface area (Å²) in [6, 6.07) is 7.22. The first kappa shape index (κ1) is 19.6. The standard InChI is InChI=1S/C16H27NO5Si/c1-6-20-23(21-7-2,22-8-3)13-19-16(18)14-9-11-15(12-10-14)17(4)5/h9-12H,6-8,13H2,1-5H3. The van der Waals surface area contributed by atoms with Gasteiger partial charge in [-0.05, 0) is 45.0 Å². The SMILES string of the molecule is CCO[Si](COC(=O)c1ccc(N(C)C)cc1)(OCC)OCC. The Bertz CT molecular complexity index is 461. The zero-order chi connectivity index (χ0) is 17.3. The van der Waals surface area contributed by atoms with Gasteiger partial charge in [-0.2, -0.15) is 0 Å². The summed E-state index contributed by atoms with van der Waals surface area (Å²) in [5.41, 5.74) is 1.51. The van der Waals surface area contributed by atoms with Crippen molar-refractivity contribution >= 4 is 20.5 Å². The lowest BCUT2D eigenvalue weighted by molar-refractivity contribution is 0.0247. The maximum absolute atomic E-state index is 12.2. The van der Waals surface area contributed by atoms with Crippen LogP contribution >= 0.6 is 0 Å². The molecule has 0 fully saturated rings. The molecule has 0 bridgehead atoms. The summed E-state index contributed by atoms with van der Waals surface area (Å²) in [6.45, 7) is 6.93. The molecule has 0 heterocycles. The fraction of sp³-hybridized carbons (Fsp3) is 0.562. The van der Waals surface area contributed by atoms with Crippen LogP contribution in [-0.2, 0) is 18.0 Å². The molecule has 6 nitrogen and oxygen atoms in total. The number of rotatable bonds is 10. The molecule has 0 aliphatic carbocycles. The molecule has 1 aromatic rings. The van der Waals surface area contributed by atoms with Crippen LogP contribution in [0.5, 0.6) is 0 Å². The van der Waals surface area contributed by atoms with E-state index < -0.39 is 14.8 Å². The Morgan fingerprint density at radius 3 is 1.83 bits per heavy atom. The van der Waals surface area contributed by atoms with Crippen LogP contribution in [0.1, 0.15) is 31.1 Å². The van der Waals surface area contributed by atoms with Crippen molar-refractivity contribution in [1.29, 1.82) is 0 Å². The van der Waals surface area contributed by atoms with Crippen LogP contribution in [0.4, 0.5) is 5.69 Å². The topological polar surface area (TPSA) is 57.2 Å². The fourth-order valence-electron chi connectivity index (χ4n) is 2.04. The van der Waals surface area contributed by atoms with Gasteiger partial charge in [0.1, 0.15) is 0 Å². The second-order valence-corrected chi connectivity index (χ2v) is 7.52. The van der Waals surface area contributed by atoms with E-state index in [-0.39, 0.29) is 6.23 Å². The molecule has 0 saturated carbocycles. The molecule has 0 saturated heterocycles. The van der Waals surface area contributed by atoms with Crippen molar-refractivity contribution in [2.75, 3.05) is 45.0 Å². The van der Waals surface area contributed by atoms with Crippen molar-refractivity contribution in [3.8, 4) is 0 Å². The lowest BCUT2D eigenvalue weighted by Crippen LogP contribution is -2.51. The molecule has 0 aromatic heterocycles. The van der Waals surface area contributed by atoms with Crippen LogP contribution < -0.4 is 4.90 Å². The van der Waals surface area contributed by atoms with Gasteiger partial charge in [-0.1, -0.05) is 0 Å². The molecule has 0 aliphatic rings. The fourth-order valence-corrected chi connectivity index (χ4v) is 4.17. The molecule has 0 aliphatic heterocycles. The maximum Gasteiger partial charge on any atom is 0.540 e. The van der Waals surface area contributed by atoms with Crippen molar-refractivity contribution in [2.24, 2.45) is 0 Å². The van der Waals surface area contributed by atoms with Gasteiger partial charge in [0.15, 0.2) is 6.23 Å². The number of hydrogen-bond donors (Lipinski definition) is 0. The second kappa shape index (κ2) is 9.66. The molecule has 0 amide bonds. The quantitative estimate of drug-likeness (QED) is 0.481. The van der Waals surface area contributed by atoms with Gasteiger partial charge < -0.3 is 22.9 Å². The van der Waals surface area contributed by atoms with Gasteiger partial charge in [-0.25, -0.2) is 4.79 Å². The lowest BCUT2D eigenvalue weighted by atomic mass is 10.2. The Morgan fingerprint density at radius 2 is 1.43 bits per heavy atom. The Labute approximate surface area is 139 Å². The van der Waals surface area contributed by atoms with E-state index in [0.717, 1.165) is 5.69 Å². The van der Waals surface area contributed by atoms with Gasteiger partial charge in [0, 0.05) is 39.6 Å². The number of carbonyl (C=O) groups is 1. The summed E-state index contributed by atoms with van der Waals surface area (Å²) in [6.07, 6.45) is 0.0107. The third-order valence-electron chi connectivity index (χ3n) is 3.09. The minimum absolute atomic E-state index is 0.0107. The summed E-state index contributed by atoms with van der Waals surface area (Å²) in [7, 11) is 0.917. The number of nitrogens with zero attached hydrogens (tertiary/aromatic N) is 1. The highest BCUT2D eigenvalue weighted by Crippen LogP contribution is 2.15. The highest BCUT2D eigenvalue weighted by molar-refractivity contribution is 6.60. The molecule has 1 rings (SSSR count). The Kier molecular flexibility index (Phi) is 8.25. The van der Waals surface area contributed by atoms with E-state index in [1.165, 1.54) is 0 Å². The summed E-state index contributed by atoms with van der Waals surface area (Å²) < 4.78 is 22.4. The van der Waals surface area contributed by atoms with Gasteiger partial charge >= 0.3 is 14.8 Å². The van der Waals surface area contributed by atoms with Crippen LogP contribution in [0, 0.1) is 0 Å². The first-order valence-corrected chi connectivity index (χ1v) is 9.77. The number of hydrogen-bond acceptors (Lipinski definition) is 6. The van der Waals surface area contributed by atoms with Crippen molar-refractivity contribution in [3.63, 3.8) is 0 Å². The smallest absolute Gasteiger partial charge is 0.457 e. The number of benzene rings is 1.